The highest BCUT2D eigenvalue weighted by atomic mass is 16.2. The fourth-order valence-electron chi connectivity index (χ4n) is 6.61. The van der Waals surface area contributed by atoms with E-state index in [9.17, 15) is 4.79 Å². The summed E-state index contributed by atoms with van der Waals surface area (Å²) in [6, 6.07) is 16.8. The molecule has 6 heterocycles. The maximum atomic E-state index is 13.2. The van der Waals surface area contributed by atoms with Crippen LogP contribution >= 0.6 is 0 Å². The minimum Gasteiger partial charge on any atom is -0.384 e. The Morgan fingerprint density at radius 3 is 2.49 bits per heavy atom. The number of carbonyl (C=O) groups is 1. The highest BCUT2D eigenvalue weighted by Gasteiger charge is 2.45. The Morgan fingerprint density at radius 1 is 0.973 bits per heavy atom. The maximum absolute atomic E-state index is 13.2. The van der Waals surface area contributed by atoms with Gasteiger partial charge in [-0.2, -0.15) is 9.61 Å². The van der Waals surface area contributed by atoms with E-state index in [-0.39, 0.29) is 24.0 Å². The molecule has 3 unspecified atom stereocenters. The number of anilines is 1. The van der Waals surface area contributed by atoms with Gasteiger partial charge in [-0.05, 0) is 51.1 Å². The Morgan fingerprint density at radius 2 is 1.78 bits per heavy atom. The number of rotatable bonds is 4. The van der Waals surface area contributed by atoms with Crippen molar-refractivity contribution in [1.29, 1.82) is 0 Å². The van der Waals surface area contributed by atoms with Gasteiger partial charge in [-0.1, -0.05) is 36.4 Å². The molecule has 1 aromatic carbocycles. The van der Waals surface area contributed by atoms with Gasteiger partial charge in [-0.15, -0.1) is 0 Å². The Bertz CT molecular complexity index is 1430. The molecule has 4 atom stereocenters. The number of hydrogen-bond acceptors (Lipinski definition) is 6. The molecule has 3 saturated heterocycles. The zero-order chi connectivity index (χ0) is 24.9. The third-order valence-electron chi connectivity index (χ3n) is 8.43. The number of hydrogen-bond donors (Lipinski definition) is 2. The van der Waals surface area contributed by atoms with Crippen molar-refractivity contribution in [2.45, 2.75) is 62.6 Å². The zero-order valence-electron chi connectivity index (χ0n) is 20.8. The summed E-state index contributed by atoms with van der Waals surface area (Å²) < 4.78 is 1.71. The Balaban J connectivity index is 1.17. The van der Waals surface area contributed by atoms with E-state index in [1.165, 1.54) is 0 Å². The maximum Gasteiger partial charge on any atom is 0.240 e. The van der Waals surface area contributed by atoms with Crippen molar-refractivity contribution in [3.63, 3.8) is 0 Å². The Hall–Kier alpha value is -3.78. The number of carbonyl (C=O) groups excluding carboxylic acids is 1. The summed E-state index contributed by atoms with van der Waals surface area (Å²) in [7, 11) is 0. The minimum absolute atomic E-state index is 0.000935. The van der Waals surface area contributed by atoms with Crippen molar-refractivity contribution >= 4 is 17.4 Å². The molecule has 4 aromatic rings. The number of nitrogen functional groups attached to an aromatic ring is 1. The lowest BCUT2D eigenvalue weighted by molar-refractivity contribution is -0.137. The second-order valence-electron chi connectivity index (χ2n) is 10.6. The van der Waals surface area contributed by atoms with Gasteiger partial charge in [0.1, 0.15) is 5.82 Å². The highest BCUT2D eigenvalue weighted by Crippen LogP contribution is 2.44. The number of nitrogens with two attached hydrogens (primary N) is 1. The van der Waals surface area contributed by atoms with Crippen LogP contribution in [0.2, 0.25) is 0 Å². The second-order valence-corrected chi connectivity index (χ2v) is 10.6. The number of fused-ring (bicyclic) bond motifs is 3. The standard InChI is InChI=1S/C29H31N7O/c30-27-15-26(20-13-21-9-10-22(14-20)35(21)29(37)25-7-4-12-31-25)34-28-23(17-33-36(27)28)19-8-11-24(32-16-19)18-5-2-1-3-6-18/h1-3,5-6,8,11,15-17,20-22,25,31H,4,7,9-10,12-14,30H2/t20?,21-,22?,25?/m1/s1. The summed E-state index contributed by atoms with van der Waals surface area (Å²) in [4.78, 5) is 25.2. The number of pyridine rings is 1. The highest BCUT2D eigenvalue weighted by molar-refractivity contribution is 5.83. The Labute approximate surface area is 215 Å². The molecule has 0 spiro atoms. The molecular formula is C29H31N7O. The van der Waals surface area contributed by atoms with Crippen molar-refractivity contribution in [2.24, 2.45) is 0 Å². The van der Waals surface area contributed by atoms with E-state index in [1.807, 2.05) is 42.7 Å². The van der Waals surface area contributed by atoms with Crippen LogP contribution in [0.15, 0.2) is 60.9 Å². The lowest BCUT2D eigenvalue weighted by Crippen LogP contribution is -2.52. The number of aromatic nitrogens is 4. The minimum atomic E-state index is 0.000935. The molecule has 188 valence electrons. The average Bonchev–Trinajstić information content (AvgIpc) is 3.68. The van der Waals surface area contributed by atoms with Crippen molar-refractivity contribution in [3.8, 4) is 22.4 Å². The fraction of sp³-hybridized carbons (Fsp3) is 0.379. The van der Waals surface area contributed by atoms with Gasteiger partial charge in [0.15, 0.2) is 5.65 Å². The first-order chi connectivity index (χ1) is 18.2. The molecule has 37 heavy (non-hydrogen) atoms. The van der Waals surface area contributed by atoms with Crippen molar-refractivity contribution < 1.29 is 4.79 Å². The molecule has 8 nitrogen and oxygen atoms in total. The van der Waals surface area contributed by atoms with Crippen molar-refractivity contribution in [2.75, 3.05) is 12.3 Å². The van der Waals surface area contributed by atoms with Crippen molar-refractivity contribution in [3.05, 3.63) is 66.6 Å². The van der Waals surface area contributed by atoms with E-state index < -0.39 is 0 Å². The van der Waals surface area contributed by atoms with Crippen LogP contribution in [0.5, 0.6) is 0 Å². The van der Waals surface area contributed by atoms with E-state index in [0.717, 1.165) is 78.8 Å². The van der Waals surface area contributed by atoms with Gasteiger partial charge in [0.2, 0.25) is 5.91 Å². The predicted octanol–water partition coefficient (Wildman–Crippen LogP) is 4.03. The first-order valence-corrected chi connectivity index (χ1v) is 13.4. The molecule has 3 aliphatic rings. The number of benzene rings is 1. The van der Waals surface area contributed by atoms with Gasteiger partial charge in [0.25, 0.3) is 0 Å². The molecule has 7 rings (SSSR count). The van der Waals surface area contributed by atoms with E-state index in [4.69, 9.17) is 15.7 Å². The third-order valence-corrected chi connectivity index (χ3v) is 8.43. The summed E-state index contributed by atoms with van der Waals surface area (Å²) in [5.74, 6) is 1.17. The summed E-state index contributed by atoms with van der Waals surface area (Å²) in [5.41, 5.74) is 12.1. The Kier molecular flexibility index (Phi) is 5.43. The molecular weight excluding hydrogens is 462 g/mol. The van der Waals surface area contributed by atoms with Crippen LogP contribution in [-0.2, 0) is 4.79 Å². The van der Waals surface area contributed by atoms with Gasteiger partial charge in [0.05, 0.1) is 17.9 Å². The van der Waals surface area contributed by atoms with Gasteiger partial charge in [-0.3, -0.25) is 9.78 Å². The average molecular weight is 494 g/mol. The van der Waals surface area contributed by atoms with Gasteiger partial charge >= 0.3 is 0 Å². The number of nitrogens with one attached hydrogen (secondary N) is 1. The lowest BCUT2D eigenvalue weighted by atomic mass is 9.87. The predicted molar refractivity (Wildman–Crippen MR) is 143 cm³/mol. The summed E-state index contributed by atoms with van der Waals surface area (Å²) in [5, 5.41) is 7.91. The molecule has 3 N–H and O–H groups in total. The number of amides is 1. The fourth-order valence-corrected chi connectivity index (χ4v) is 6.61. The number of nitrogens with zero attached hydrogens (tertiary/aromatic N) is 5. The summed E-state index contributed by atoms with van der Waals surface area (Å²) >= 11 is 0. The molecule has 3 aliphatic heterocycles. The van der Waals surface area contributed by atoms with Gasteiger partial charge in [0, 0.05) is 52.6 Å². The van der Waals surface area contributed by atoms with Crippen LogP contribution in [0.25, 0.3) is 28.0 Å². The van der Waals surface area contributed by atoms with Gasteiger partial charge in [-0.25, -0.2) is 4.98 Å². The van der Waals surface area contributed by atoms with Crippen molar-refractivity contribution in [1.82, 2.24) is 29.8 Å². The SMILES string of the molecule is Nc1cc(C2CC3CC[C@H](C2)N3C(=O)C2CCCN2)nc2c(-c3ccc(-c4ccccc4)nc3)cnn12. The quantitative estimate of drug-likeness (QED) is 0.445. The lowest BCUT2D eigenvalue weighted by Gasteiger charge is -2.40. The van der Waals surface area contributed by atoms with E-state index in [0.29, 0.717) is 11.7 Å². The van der Waals surface area contributed by atoms with E-state index in [2.05, 4.69) is 33.5 Å². The van der Waals surface area contributed by atoms with Crippen LogP contribution < -0.4 is 11.1 Å². The van der Waals surface area contributed by atoms with Crippen LogP contribution in [0.1, 0.15) is 50.1 Å². The number of piperidine rings is 1. The van der Waals surface area contributed by atoms with Gasteiger partial charge < -0.3 is 16.0 Å². The van der Waals surface area contributed by atoms with Crippen LogP contribution in [0.3, 0.4) is 0 Å². The zero-order valence-corrected chi connectivity index (χ0v) is 20.8. The molecule has 3 fully saturated rings. The largest absolute Gasteiger partial charge is 0.384 e. The second kappa shape index (κ2) is 8.95. The molecule has 0 radical (unpaired) electrons. The van der Waals surface area contributed by atoms with Crippen LogP contribution in [-0.4, -0.2) is 55.1 Å². The van der Waals surface area contributed by atoms with E-state index >= 15 is 0 Å². The van der Waals surface area contributed by atoms with E-state index in [1.54, 1.807) is 4.52 Å². The molecule has 0 saturated carbocycles. The molecule has 3 aromatic heterocycles. The van der Waals surface area contributed by atoms with Crippen LogP contribution in [0, 0.1) is 0 Å². The third kappa shape index (κ3) is 3.87. The smallest absolute Gasteiger partial charge is 0.240 e. The topological polar surface area (TPSA) is 101 Å². The first-order valence-electron chi connectivity index (χ1n) is 13.4. The molecule has 8 heteroatoms. The summed E-state index contributed by atoms with van der Waals surface area (Å²) in [6.45, 7) is 0.948. The summed E-state index contributed by atoms with van der Waals surface area (Å²) in [6.07, 6.45) is 9.78. The normalized spacial score (nSPS) is 25.1. The monoisotopic (exact) mass is 493 g/mol. The van der Waals surface area contributed by atoms with Crippen LogP contribution in [0.4, 0.5) is 5.82 Å². The molecule has 0 aliphatic carbocycles. The first kappa shape index (κ1) is 22.4. The molecule has 1 amide bonds. The molecule has 2 bridgehead atoms.